The fourth-order valence-electron chi connectivity index (χ4n) is 2.21. The predicted octanol–water partition coefficient (Wildman–Crippen LogP) is 3.05. The Bertz CT molecular complexity index is 396. The molecule has 1 aromatic rings. The molecule has 0 bridgehead atoms. The third-order valence-electron chi connectivity index (χ3n) is 3.26. The minimum atomic E-state index is 0.258. The number of nitrogens with zero attached hydrogens (tertiary/aromatic N) is 1. The van der Waals surface area contributed by atoms with E-state index in [0.717, 1.165) is 24.1 Å². The molecule has 0 radical (unpaired) electrons. The largest absolute Gasteiger partial charge is 0.293 e. The Hall–Kier alpha value is -1.15. The second-order valence-corrected chi connectivity index (χ2v) is 4.99. The van der Waals surface area contributed by atoms with Crippen molar-refractivity contribution in [3.63, 3.8) is 0 Å². The molecule has 0 amide bonds. The highest BCUT2D eigenvalue weighted by atomic mass is 16.1. The Morgan fingerprint density at radius 3 is 2.76 bits per heavy atom. The van der Waals surface area contributed by atoms with Crippen molar-refractivity contribution in [1.82, 2.24) is 4.90 Å². The van der Waals surface area contributed by atoms with Crippen molar-refractivity contribution in [3.8, 4) is 0 Å². The Morgan fingerprint density at radius 2 is 2.18 bits per heavy atom. The average Bonchev–Trinajstić information content (AvgIpc) is 3.12. The summed E-state index contributed by atoms with van der Waals surface area (Å²) in [6.45, 7) is 5.83. The maximum absolute atomic E-state index is 12.2. The summed E-state index contributed by atoms with van der Waals surface area (Å²) in [7, 11) is 0. The molecule has 1 saturated carbocycles. The van der Waals surface area contributed by atoms with E-state index in [0.29, 0.717) is 12.6 Å². The third kappa shape index (κ3) is 3.40. The van der Waals surface area contributed by atoms with Gasteiger partial charge in [-0.15, -0.1) is 0 Å². The molecule has 0 heterocycles. The van der Waals surface area contributed by atoms with E-state index in [1.54, 1.807) is 0 Å². The second kappa shape index (κ2) is 5.46. The van der Waals surface area contributed by atoms with Gasteiger partial charge >= 0.3 is 0 Å². The van der Waals surface area contributed by atoms with Crippen LogP contribution >= 0.6 is 0 Å². The van der Waals surface area contributed by atoms with Gasteiger partial charge in [-0.2, -0.15) is 0 Å². The lowest BCUT2D eigenvalue weighted by Crippen LogP contribution is -2.32. The lowest BCUT2D eigenvalue weighted by Gasteiger charge is -2.20. The van der Waals surface area contributed by atoms with Gasteiger partial charge in [-0.25, -0.2) is 0 Å². The minimum Gasteiger partial charge on any atom is -0.293 e. The van der Waals surface area contributed by atoms with E-state index in [1.165, 1.54) is 12.8 Å². The van der Waals surface area contributed by atoms with Crippen molar-refractivity contribution < 1.29 is 4.79 Å². The van der Waals surface area contributed by atoms with Crippen LogP contribution in [0.1, 0.15) is 42.1 Å². The third-order valence-corrected chi connectivity index (χ3v) is 3.26. The molecule has 0 atom stereocenters. The van der Waals surface area contributed by atoms with Crippen LogP contribution in [-0.2, 0) is 0 Å². The van der Waals surface area contributed by atoms with E-state index in [9.17, 15) is 4.79 Å². The van der Waals surface area contributed by atoms with Gasteiger partial charge in [0.15, 0.2) is 5.78 Å². The van der Waals surface area contributed by atoms with Gasteiger partial charge < -0.3 is 0 Å². The smallest absolute Gasteiger partial charge is 0.176 e. The minimum absolute atomic E-state index is 0.258. The summed E-state index contributed by atoms with van der Waals surface area (Å²) in [5.41, 5.74) is 2.01. The molecule has 1 aliphatic carbocycles. The van der Waals surface area contributed by atoms with E-state index in [2.05, 4.69) is 11.8 Å². The zero-order valence-corrected chi connectivity index (χ0v) is 10.8. The van der Waals surface area contributed by atoms with Crippen LogP contribution in [0.25, 0.3) is 0 Å². The standard InChI is InChI=1S/C15H21NO/c1-3-9-16(14-7-8-14)11-15(17)13-6-4-5-12(2)10-13/h4-6,10,14H,3,7-9,11H2,1-2H3. The highest BCUT2D eigenvalue weighted by molar-refractivity contribution is 5.97. The van der Waals surface area contributed by atoms with Crippen LogP contribution in [0.3, 0.4) is 0 Å². The molecule has 2 heteroatoms. The molecule has 0 aliphatic heterocycles. The SMILES string of the molecule is CCCN(CC(=O)c1cccc(C)c1)C1CC1. The molecule has 0 unspecified atom stereocenters. The van der Waals surface area contributed by atoms with Gasteiger partial charge in [0, 0.05) is 11.6 Å². The van der Waals surface area contributed by atoms with E-state index >= 15 is 0 Å². The van der Waals surface area contributed by atoms with Gasteiger partial charge in [-0.1, -0.05) is 30.7 Å². The first-order valence-corrected chi connectivity index (χ1v) is 6.54. The summed E-state index contributed by atoms with van der Waals surface area (Å²) in [4.78, 5) is 14.5. The normalized spacial score (nSPS) is 15.2. The number of carbonyl (C=O) groups excluding carboxylic acids is 1. The van der Waals surface area contributed by atoms with Crippen LogP contribution in [0.2, 0.25) is 0 Å². The molecule has 0 spiro atoms. The number of hydrogen-bond acceptors (Lipinski definition) is 2. The van der Waals surface area contributed by atoms with Gasteiger partial charge in [0.25, 0.3) is 0 Å². The number of benzene rings is 1. The maximum atomic E-state index is 12.2. The van der Waals surface area contributed by atoms with Crippen LogP contribution in [0.5, 0.6) is 0 Å². The van der Waals surface area contributed by atoms with Crippen molar-refractivity contribution in [3.05, 3.63) is 35.4 Å². The summed E-state index contributed by atoms with van der Waals surface area (Å²) >= 11 is 0. The summed E-state index contributed by atoms with van der Waals surface area (Å²) in [5.74, 6) is 0.258. The highest BCUT2D eigenvalue weighted by Gasteiger charge is 2.29. The molecule has 2 nitrogen and oxygen atoms in total. The fourth-order valence-corrected chi connectivity index (χ4v) is 2.21. The maximum Gasteiger partial charge on any atom is 0.176 e. The van der Waals surface area contributed by atoms with Crippen molar-refractivity contribution in [2.45, 2.75) is 39.2 Å². The Morgan fingerprint density at radius 1 is 1.41 bits per heavy atom. The summed E-state index contributed by atoms with van der Waals surface area (Å²) < 4.78 is 0. The van der Waals surface area contributed by atoms with E-state index < -0.39 is 0 Å². The molecule has 92 valence electrons. The molecule has 1 fully saturated rings. The molecule has 0 aromatic heterocycles. The molecular weight excluding hydrogens is 210 g/mol. The number of hydrogen-bond donors (Lipinski definition) is 0. The number of ketones is 1. The zero-order valence-electron chi connectivity index (χ0n) is 10.8. The number of Topliss-reactive ketones (excluding diaryl/α,β-unsaturated/α-hetero) is 1. The van der Waals surface area contributed by atoms with Gasteiger partial charge in [-0.05, 0) is 38.8 Å². The molecule has 17 heavy (non-hydrogen) atoms. The van der Waals surface area contributed by atoms with Gasteiger partial charge in [0.2, 0.25) is 0 Å². The van der Waals surface area contributed by atoms with Crippen LogP contribution in [0.4, 0.5) is 0 Å². The summed E-state index contributed by atoms with van der Waals surface area (Å²) in [6, 6.07) is 8.57. The predicted molar refractivity (Wildman–Crippen MR) is 70.4 cm³/mol. The molecule has 1 aliphatic rings. The number of carbonyl (C=O) groups is 1. The number of rotatable bonds is 6. The highest BCUT2D eigenvalue weighted by Crippen LogP contribution is 2.27. The Balaban J connectivity index is 1.99. The molecule has 2 rings (SSSR count). The van der Waals surface area contributed by atoms with Crippen LogP contribution in [-0.4, -0.2) is 29.8 Å². The zero-order chi connectivity index (χ0) is 12.3. The van der Waals surface area contributed by atoms with Crippen LogP contribution < -0.4 is 0 Å². The van der Waals surface area contributed by atoms with E-state index in [-0.39, 0.29) is 5.78 Å². The quantitative estimate of drug-likeness (QED) is 0.701. The molecule has 1 aromatic carbocycles. The van der Waals surface area contributed by atoms with Crippen LogP contribution in [0, 0.1) is 6.92 Å². The van der Waals surface area contributed by atoms with Crippen molar-refractivity contribution in [2.24, 2.45) is 0 Å². The van der Waals surface area contributed by atoms with Crippen molar-refractivity contribution >= 4 is 5.78 Å². The Labute approximate surface area is 104 Å². The second-order valence-electron chi connectivity index (χ2n) is 4.99. The van der Waals surface area contributed by atoms with Crippen molar-refractivity contribution in [1.29, 1.82) is 0 Å². The molecule has 0 N–H and O–H groups in total. The van der Waals surface area contributed by atoms with E-state index in [1.807, 2.05) is 31.2 Å². The first kappa shape index (κ1) is 12.3. The number of aryl methyl sites for hydroxylation is 1. The lowest BCUT2D eigenvalue weighted by atomic mass is 10.1. The first-order valence-electron chi connectivity index (χ1n) is 6.54. The summed E-state index contributed by atoms with van der Waals surface area (Å²) in [5, 5.41) is 0. The summed E-state index contributed by atoms with van der Waals surface area (Å²) in [6.07, 6.45) is 3.65. The van der Waals surface area contributed by atoms with Gasteiger partial charge in [-0.3, -0.25) is 9.69 Å². The van der Waals surface area contributed by atoms with Crippen molar-refractivity contribution in [2.75, 3.05) is 13.1 Å². The molecular formula is C15H21NO. The first-order chi connectivity index (χ1) is 8.20. The monoisotopic (exact) mass is 231 g/mol. The fraction of sp³-hybridized carbons (Fsp3) is 0.533. The van der Waals surface area contributed by atoms with Crippen LogP contribution in [0.15, 0.2) is 24.3 Å². The van der Waals surface area contributed by atoms with Gasteiger partial charge in [0.05, 0.1) is 6.54 Å². The van der Waals surface area contributed by atoms with Gasteiger partial charge in [0.1, 0.15) is 0 Å². The lowest BCUT2D eigenvalue weighted by molar-refractivity contribution is 0.0924. The molecule has 0 saturated heterocycles. The topological polar surface area (TPSA) is 20.3 Å². The average molecular weight is 231 g/mol. The van der Waals surface area contributed by atoms with E-state index in [4.69, 9.17) is 0 Å². The Kier molecular flexibility index (Phi) is 3.95.